The fraction of sp³-hybridized carbons (Fsp3) is 0.267. The highest BCUT2D eigenvalue weighted by molar-refractivity contribution is 7.18. The van der Waals surface area contributed by atoms with Crippen molar-refractivity contribution in [3.05, 3.63) is 51.3 Å². The molecule has 3 rings (SSSR count). The van der Waals surface area contributed by atoms with Gasteiger partial charge in [0.1, 0.15) is 23.0 Å². The maximum atomic E-state index is 12.5. The van der Waals surface area contributed by atoms with Crippen molar-refractivity contribution in [1.29, 1.82) is 0 Å². The number of rotatable bonds is 4. The number of carbonyl (C=O) groups is 1. The molecule has 0 saturated carbocycles. The molecule has 0 saturated heterocycles. The van der Waals surface area contributed by atoms with Crippen molar-refractivity contribution in [2.45, 2.75) is 26.9 Å². The number of thiophene rings is 1. The van der Waals surface area contributed by atoms with Crippen LogP contribution in [0.25, 0.3) is 10.2 Å². The number of aryl methyl sites for hydroxylation is 2. The van der Waals surface area contributed by atoms with E-state index in [4.69, 9.17) is 4.42 Å². The standard InChI is InChI=1S/C15H15N3O3S/c1-9-6-12-14(22-9)17-10(2)18(15(12)20)8-13(19)16-7-11-4-3-5-21-11/h3-6H,7-8H2,1-2H3,(H,16,19). The molecule has 3 heterocycles. The Balaban J connectivity index is 1.81. The zero-order valence-corrected chi connectivity index (χ0v) is 13.1. The van der Waals surface area contributed by atoms with Gasteiger partial charge in [-0.15, -0.1) is 11.3 Å². The van der Waals surface area contributed by atoms with E-state index in [0.29, 0.717) is 28.3 Å². The van der Waals surface area contributed by atoms with Gasteiger partial charge in [0.25, 0.3) is 5.56 Å². The van der Waals surface area contributed by atoms with Gasteiger partial charge in [-0.1, -0.05) is 0 Å². The quantitative estimate of drug-likeness (QED) is 0.798. The van der Waals surface area contributed by atoms with Crippen LogP contribution in [-0.2, 0) is 17.9 Å². The highest BCUT2D eigenvalue weighted by Gasteiger charge is 2.13. The topological polar surface area (TPSA) is 77.1 Å². The minimum atomic E-state index is -0.255. The normalized spacial score (nSPS) is 11.0. The van der Waals surface area contributed by atoms with Crippen LogP contribution in [0.5, 0.6) is 0 Å². The lowest BCUT2D eigenvalue weighted by Gasteiger charge is -2.09. The SMILES string of the molecule is Cc1cc2c(=O)n(CC(=O)NCc3ccco3)c(C)nc2s1. The summed E-state index contributed by atoms with van der Waals surface area (Å²) in [5.74, 6) is 0.946. The van der Waals surface area contributed by atoms with Gasteiger partial charge in [0.2, 0.25) is 5.91 Å². The van der Waals surface area contributed by atoms with E-state index in [1.807, 2.05) is 13.0 Å². The number of fused-ring (bicyclic) bond motifs is 1. The molecule has 0 spiro atoms. The molecule has 0 atom stereocenters. The van der Waals surface area contributed by atoms with E-state index in [1.165, 1.54) is 15.9 Å². The van der Waals surface area contributed by atoms with Crippen molar-refractivity contribution in [1.82, 2.24) is 14.9 Å². The summed E-state index contributed by atoms with van der Waals surface area (Å²) < 4.78 is 6.54. The van der Waals surface area contributed by atoms with Gasteiger partial charge in [-0.25, -0.2) is 4.98 Å². The van der Waals surface area contributed by atoms with Crippen molar-refractivity contribution < 1.29 is 9.21 Å². The number of hydrogen-bond acceptors (Lipinski definition) is 5. The molecule has 0 unspecified atom stereocenters. The number of nitrogens with zero attached hydrogens (tertiary/aromatic N) is 2. The van der Waals surface area contributed by atoms with Crippen molar-refractivity contribution in [3.63, 3.8) is 0 Å². The third kappa shape index (κ3) is 2.80. The van der Waals surface area contributed by atoms with Crippen LogP contribution in [0.15, 0.2) is 33.7 Å². The number of hydrogen-bond donors (Lipinski definition) is 1. The number of aromatic nitrogens is 2. The summed E-state index contributed by atoms with van der Waals surface area (Å²) in [7, 11) is 0. The zero-order chi connectivity index (χ0) is 15.7. The molecule has 22 heavy (non-hydrogen) atoms. The van der Waals surface area contributed by atoms with Gasteiger partial charge in [-0.05, 0) is 32.0 Å². The molecule has 3 aromatic rings. The van der Waals surface area contributed by atoms with Crippen LogP contribution in [-0.4, -0.2) is 15.5 Å². The minimum Gasteiger partial charge on any atom is -0.467 e. The van der Waals surface area contributed by atoms with Crippen LogP contribution in [0, 0.1) is 13.8 Å². The second-order valence-corrected chi connectivity index (χ2v) is 6.22. The number of carbonyl (C=O) groups excluding carboxylic acids is 1. The largest absolute Gasteiger partial charge is 0.467 e. The van der Waals surface area contributed by atoms with E-state index < -0.39 is 0 Å². The van der Waals surface area contributed by atoms with Gasteiger partial charge in [0.15, 0.2) is 0 Å². The lowest BCUT2D eigenvalue weighted by atomic mass is 10.3. The Morgan fingerprint density at radius 3 is 3.00 bits per heavy atom. The first-order chi connectivity index (χ1) is 10.5. The molecule has 0 radical (unpaired) electrons. The zero-order valence-electron chi connectivity index (χ0n) is 12.3. The van der Waals surface area contributed by atoms with E-state index in [0.717, 1.165) is 4.88 Å². The minimum absolute atomic E-state index is 0.0524. The molecule has 114 valence electrons. The molecule has 0 aliphatic rings. The molecule has 0 fully saturated rings. The summed E-state index contributed by atoms with van der Waals surface area (Å²) in [6.07, 6.45) is 1.55. The maximum Gasteiger partial charge on any atom is 0.262 e. The van der Waals surface area contributed by atoms with E-state index in [1.54, 1.807) is 25.3 Å². The summed E-state index contributed by atoms with van der Waals surface area (Å²) in [6.45, 7) is 3.91. The second-order valence-electron chi connectivity index (χ2n) is 4.98. The van der Waals surface area contributed by atoms with Gasteiger partial charge in [-0.3, -0.25) is 14.2 Å². The Morgan fingerprint density at radius 2 is 2.27 bits per heavy atom. The van der Waals surface area contributed by atoms with E-state index in [-0.39, 0.29) is 18.0 Å². The summed E-state index contributed by atoms with van der Waals surface area (Å²) in [4.78, 5) is 30.6. The Hall–Kier alpha value is -2.41. The molecule has 7 heteroatoms. The van der Waals surface area contributed by atoms with Gasteiger partial charge >= 0.3 is 0 Å². The summed E-state index contributed by atoms with van der Waals surface area (Å²) in [6, 6.07) is 5.35. The predicted molar refractivity (Wildman–Crippen MR) is 83.9 cm³/mol. The molecule has 6 nitrogen and oxygen atoms in total. The van der Waals surface area contributed by atoms with Gasteiger partial charge in [-0.2, -0.15) is 0 Å². The third-order valence-corrected chi connectivity index (χ3v) is 4.25. The first-order valence-electron chi connectivity index (χ1n) is 6.81. The second kappa shape index (κ2) is 5.76. The van der Waals surface area contributed by atoms with Crippen LogP contribution >= 0.6 is 11.3 Å². The lowest BCUT2D eigenvalue weighted by Crippen LogP contribution is -2.33. The van der Waals surface area contributed by atoms with Crippen LogP contribution < -0.4 is 10.9 Å². The van der Waals surface area contributed by atoms with Crippen molar-refractivity contribution in [2.75, 3.05) is 0 Å². The van der Waals surface area contributed by atoms with Gasteiger partial charge < -0.3 is 9.73 Å². The summed E-state index contributed by atoms with van der Waals surface area (Å²) in [5, 5.41) is 3.29. The number of furan rings is 1. The summed E-state index contributed by atoms with van der Waals surface area (Å²) >= 11 is 1.48. The monoisotopic (exact) mass is 317 g/mol. The van der Waals surface area contributed by atoms with Gasteiger partial charge in [0, 0.05) is 4.88 Å². The van der Waals surface area contributed by atoms with Crippen LogP contribution in [0.2, 0.25) is 0 Å². The lowest BCUT2D eigenvalue weighted by molar-refractivity contribution is -0.122. The first-order valence-corrected chi connectivity index (χ1v) is 7.63. The van der Waals surface area contributed by atoms with Gasteiger partial charge in [0.05, 0.1) is 18.2 Å². The van der Waals surface area contributed by atoms with Crippen molar-refractivity contribution >= 4 is 27.5 Å². The maximum absolute atomic E-state index is 12.5. The molecule has 0 bridgehead atoms. The Morgan fingerprint density at radius 1 is 1.45 bits per heavy atom. The average Bonchev–Trinajstić information content (AvgIpc) is 3.10. The van der Waals surface area contributed by atoms with E-state index in [2.05, 4.69) is 10.3 Å². The fourth-order valence-electron chi connectivity index (χ4n) is 2.22. The first kappa shape index (κ1) is 14.5. The molecular formula is C15H15N3O3S. The van der Waals surface area contributed by atoms with E-state index >= 15 is 0 Å². The molecule has 0 aliphatic heterocycles. The Labute approximate surface area is 130 Å². The van der Waals surface area contributed by atoms with Crippen LogP contribution in [0.3, 0.4) is 0 Å². The molecule has 1 amide bonds. The fourth-order valence-corrected chi connectivity index (χ4v) is 3.14. The highest BCUT2D eigenvalue weighted by Crippen LogP contribution is 2.20. The van der Waals surface area contributed by atoms with Crippen molar-refractivity contribution in [2.24, 2.45) is 0 Å². The van der Waals surface area contributed by atoms with Crippen LogP contribution in [0.1, 0.15) is 16.5 Å². The molecular weight excluding hydrogens is 302 g/mol. The average molecular weight is 317 g/mol. The number of amides is 1. The Bertz CT molecular complexity index is 877. The predicted octanol–water partition coefficient (Wildman–Crippen LogP) is 1.98. The number of nitrogens with one attached hydrogen (secondary N) is 1. The Kier molecular flexibility index (Phi) is 3.81. The molecule has 1 N–H and O–H groups in total. The third-order valence-electron chi connectivity index (χ3n) is 3.31. The van der Waals surface area contributed by atoms with E-state index in [9.17, 15) is 9.59 Å². The molecule has 3 aromatic heterocycles. The molecule has 0 aliphatic carbocycles. The van der Waals surface area contributed by atoms with Crippen molar-refractivity contribution in [3.8, 4) is 0 Å². The smallest absolute Gasteiger partial charge is 0.262 e. The summed E-state index contributed by atoms with van der Waals surface area (Å²) in [5.41, 5.74) is -0.181. The molecule has 0 aromatic carbocycles. The highest BCUT2D eigenvalue weighted by atomic mass is 32.1. The van der Waals surface area contributed by atoms with Crippen LogP contribution in [0.4, 0.5) is 0 Å².